The summed E-state index contributed by atoms with van der Waals surface area (Å²) in [5, 5.41) is 30.1. The summed E-state index contributed by atoms with van der Waals surface area (Å²) in [6, 6.07) is 9.45. The normalized spacial score (nSPS) is 13.8. The van der Waals surface area contributed by atoms with Gasteiger partial charge < -0.3 is 21.1 Å². The number of benzene rings is 2. The molecule has 0 aliphatic heterocycles. The Kier molecular flexibility index (Phi) is 4.21. The smallest absolute Gasteiger partial charge is 0.336 e. The van der Waals surface area contributed by atoms with Crippen molar-refractivity contribution in [3.05, 3.63) is 47.5 Å². The van der Waals surface area contributed by atoms with Gasteiger partial charge in [0.2, 0.25) is 5.91 Å². The van der Waals surface area contributed by atoms with Crippen molar-refractivity contribution < 1.29 is 24.9 Å². The predicted octanol–water partition coefficient (Wildman–Crippen LogP) is 0.808. The number of carbonyl (C=O) groups excluding carboxylic acids is 1. The van der Waals surface area contributed by atoms with Crippen molar-refractivity contribution >= 4 is 22.6 Å². The highest BCUT2D eigenvalue weighted by molar-refractivity contribution is 6.04. The Labute approximate surface area is 120 Å². The van der Waals surface area contributed by atoms with Crippen LogP contribution in [0, 0.1) is 0 Å². The summed E-state index contributed by atoms with van der Waals surface area (Å²) in [7, 11) is 0. The van der Waals surface area contributed by atoms with Gasteiger partial charge in [0.15, 0.2) is 0 Å². The number of aliphatic hydroxyl groups excluding tert-OH is 2. The number of amides is 1. The van der Waals surface area contributed by atoms with Crippen LogP contribution in [0.25, 0.3) is 10.8 Å². The lowest BCUT2D eigenvalue weighted by atomic mass is 9.94. The fraction of sp³-hybridized carbons (Fsp3) is 0.200. The van der Waals surface area contributed by atoms with Crippen molar-refractivity contribution in [3.8, 4) is 0 Å². The van der Waals surface area contributed by atoms with E-state index in [0.717, 1.165) is 0 Å². The second-order valence-corrected chi connectivity index (χ2v) is 4.74. The maximum atomic E-state index is 11.2. The number of rotatable bonds is 5. The molecular formula is C15H15NO5. The number of carboxylic acid groups (broad SMARTS) is 1. The van der Waals surface area contributed by atoms with Crippen molar-refractivity contribution in [1.29, 1.82) is 0 Å². The molecule has 0 saturated carbocycles. The van der Waals surface area contributed by atoms with E-state index in [1.54, 1.807) is 30.3 Å². The molecule has 21 heavy (non-hydrogen) atoms. The van der Waals surface area contributed by atoms with Crippen molar-refractivity contribution in [2.75, 3.05) is 0 Å². The van der Waals surface area contributed by atoms with Crippen LogP contribution in [0.5, 0.6) is 0 Å². The van der Waals surface area contributed by atoms with E-state index in [9.17, 15) is 19.8 Å². The highest BCUT2D eigenvalue weighted by Crippen LogP contribution is 2.29. The Bertz CT molecular complexity index is 698. The fourth-order valence-corrected chi connectivity index (χ4v) is 2.30. The average molecular weight is 289 g/mol. The molecule has 5 N–H and O–H groups in total. The second-order valence-electron chi connectivity index (χ2n) is 4.74. The van der Waals surface area contributed by atoms with Crippen LogP contribution in [0.4, 0.5) is 0 Å². The fourth-order valence-electron chi connectivity index (χ4n) is 2.30. The van der Waals surface area contributed by atoms with Crippen LogP contribution in [0.15, 0.2) is 36.4 Å². The van der Waals surface area contributed by atoms with Gasteiger partial charge in [-0.15, -0.1) is 0 Å². The van der Waals surface area contributed by atoms with Gasteiger partial charge in [0.1, 0.15) is 6.10 Å². The largest absolute Gasteiger partial charge is 0.478 e. The topological polar surface area (TPSA) is 121 Å². The predicted molar refractivity (Wildman–Crippen MR) is 75.7 cm³/mol. The molecule has 0 aliphatic rings. The van der Waals surface area contributed by atoms with Crippen LogP contribution in [-0.4, -0.2) is 33.3 Å². The molecule has 6 nitrogen and oxygen atoms in total. The van der Waals surface area contributed by atoms with Gasteiger partial charge in [-0.05, 0) is 22.4 Å². The number of hydrogen-bond acceptors (Lipinski definition) is 4. The number of carbonyl (C=O) groups is 2. The van der Waals surface area contributed by atoms with E-state index >= 15 is 0 Å². The van der Waals surface area contributed by atoms with Gasteiger partial charge in [0.25, 0.3) is 0 Å². The third-order valence-electron chi connectivity index (χ3n) is 3.28. The van der Waals surface area contributed by atoms with Gasteiger partial charge in [0.05, 0.1) is 18.1 Å². The molecule has 2 unspecified atom stereocenters. The molecule has 0 aromatic heterocycles. The first kappa shape index (κ1) is 15.0. The summed E-state index contributed by atoms with van der Waals surface area (Å²) in [4.78, 5) is 22.0. The first-order valence-corrected chi connectivity index (χ1v) is 6.31. The van der Waals surface area contributed by atoms with Crippen LogP contribution >= 0.6 is 0 Å². The summed E-state index contributed by atoms with van der Waals surface area (Å²) in [6.45, 7) is 0. The zero-order chi connectivity index (χ0) is 15.6. The Morgan fingerprint density at radius 2 is 1.67 bits per heavy atom. The molecule has 2 rings (SSSR count). The molecule has 2 aromatic carbocycles. The molecule has 0 aliphatic carbocycles. The van der Waals surface area contributed by atoms with Crippen molar-refractivity contribution in [2.45, 2.75) is 18.6 Å². The molecule has 2 atom stereocenters. The molecule has 6 heteroatoms. The molecule has 2 aromatic rings. The minimum Gasteiger partial charge on any atom is -0.478 e. The number of carboxylic acids is 1. The average Bonchev–Trinajstić information content (AvgIpc) is 2.44. The SMILES string of the molecule is NC(=O)CC(O)C(O)c1cccc2c(C(=O)O)cccc12. The van der Waals surface area contributed by atoms with Crippen LogP contribution in [0.3, 0.4) is 0 Å². The Morgan fingerprint density at radius 1 is 1.05 bits per heavy atom. The van der Waals surface area contributed by atoms with Crippen LogP contribution in [-0.2, 0) is 4.79 Å². The summed E-state index contributed by atoms with van der Waals surface area (Å²) in [6.07, 6.45) is -3.05. The zero-order valence-electron chi connectivity index (χ0n) is 11.1. The minimum absolute atomic E-state index is 0.103. The lowest BCUT2D eigenvalue weighted by molar-refractivity contribution is -0.121. The van der Waals surface area contributed by atoms with E-state index in [1.165, 1.54) is 6.07 Å². The van der Waals surface area contributed by atoms with E-state index in [1.807, 2.05) is 0 Å². The van der Waals surface area contributed by atoms with Gasteiger partial charge in [-0.25, -0.2) is 4.79 Å². The van der Waals surface area contributed by atoms with Crippen LogP contribution in [0.1, 0.15) is 28.4 Å². The monoisotopic (exact) mass is 289 g/mol. The summed E-state index contributed by atoms with van der Waals surface area (Å²) in [5.41, 5.74) is 5.45. The maximum Gasteiger partial charge on any atom is 0.336 e. The van der Waals surface area contributed by atoms with Gasteiger partial charge in [-0.3, -0.25) is 4.79 Å². The van der Waals surface area contributed by atoms with E-state index in [2.05, 4.69) is 0 Å². The van der Waals surface area contributed by atoms with Crippen molar-refractivity contribution in [3.63, 3.8) is 0 Å². The Morgan fingerprint density at radius 3 is 2.29 bits per heavy atom. The van der Waals surface area contributed by atoms with Gasteiger partial charge in [-0.1, -0.05) is 30.3 Å². The van der Waals surface area contributed by atoms with E-state index < -0.39 is 24.1 Å². The second kappa shape index (κ2) is 5.90. The number of aliphatic hydroxyl groups is 2. The van der Waals surface area contributed by atoms with E-state index in [4.69, 9.17) is 10.8 Å². The third kappa shape index (κ3) is 3.01. The number of hydrogen-bond donors (Lipinski definition) is 4. The maximum absolute atomic E-state index is 11.2. The minimum atomic E-state index is -1.35. The van der Waals surface area contributed by atoms with Crippen molar-refractivity contribution in [1.82, 2.24) is 0 Å². The molecule has 0 heterocycles. The summed E-state index contributed by atoms with van der Waals surface area (Å²) in [5.74, 6) is -1.81. The Hall–Kier alpha value is -2.44. The molecule has 110 valence electrons. The van der Waals surface area contributed by atoms with E-state index in [-0.39, 0.29) is 12.0 Å². The molecule has 0 spiro atoms. The number of fused-ring (bicyclic) bond motifs is 1. The highest BCUT2D eigenvalue weighted by atomic mass is 16.4. The van der Waals surface area contributed by atoms with Gasteiger partial charge in [0, 0.05) is 0 Å². The summed E-state index contributed by atoms with van der Waals surface area (Å²) < 4.78 is 0. The standard InChI is InChI=1S/C15H15NO5/c16-13(18)7-12(17)14(19)10-5-1-4-9-8(10)3-2-6-11(9)15(20)21/h1-6,12,14,17,19H,7H2,(H2,16,18)(H,20,21). The first-order chi connectivity index (χ1) is 9.91. The number of aromatic carboxylic acids is 1. The van der Waals surface area contributed by atoms with Crippen molar-refractivity contribution in [2.24, 2.45) is 5.73 Å². The number of nitrogens with two attached hydrogens (primary N) is 1. The molecule has 0 bridgehead atoms. The number of primary amides is 1. The zero-order valence-corrected chi connectivity index (χ0v) is 11.1. The third-order valence-corrected chi connectivity index (χ3v) is 3.28. The van der Waals surface area contributed by atoms with Gasteiger partial charge >= 0.3 is 5.97 Å². The first-order valence-electron chi connectivity index (χ1n) is 6.31. The Balaban J connectivity index is 2.52. The van der Waals surface area contributed by atoms with Crippen LogP contribution in [0.2, 0.25) is 0 Å². The molecule has 1 amide bonds. The molecule has 0 radical (unpaired) electrons. The molecular weight excluding hydrogens is 274 g/mol. The van der Waals surface area contributed by atoms with Gasteiger partial charge in [-0.2, -0.15) is 0 Å². The lowest BCUT2D eigenvalue weighted by Gasteiger charge is -2.19. The highest BCUT2D eigenvalue weighted by Gasteiger charge is 2.22. The molecule has 0 saturated heterocycles. The van der Waals surface area contributed by atoms with Crippen LogP contribution < -0.4 is 5.73 Å². The lowest BCUT2D eigenvalue weighted by Crippen LogP contribution is -2.25. The van der Waals surface area contributed by atoms with E-state index in [0.29, 0.717) is 16.3 Å². The molecule has 0 fully saturated rings. The summed E-state index contributed by atoms with van der Waals surface area (Å²) >= 11 is 0. The quantitative estimate of drug-likeness (QED) is 0.649.